The molecule has 6 heteroatoms. The Morgan fingerprint density at radius 1 is 1.07 bits per heavy atom. The summed E-state index contributed by atoms with van der Waals surface area (Å²) in [5.74, 6) is -0.249. The Bertz CT molecular complexity index is 896. The third-order valence-electron chi connectivity index (χ3n) is 5.18. The Balaban J connectivity index is 2.43. The number of hydrogen-bond donors (Lipinski definition) is 1. The normalized spacial score (nSPS) is 11.9. The molecule has 2 aromatic rings. The summed E-state index contributed by atoms with van der Waals surface area (Å²) in [5, 5.41) is 3.40. The average molecular weight is 430 g/mol. The molecule has 0 aromatic heterocycles. The molecule has 2 rings (SSSR count). The van der Waals surface area contributed by atoms with E-state index in [9.17, 15) is 9.59 Å². The molecule has 0 saturated heterocycles. The van der Waals surface area contributed by atoms with Gasteiger partial charge in [-0.2, -0.15) is 0 Å². The first kappa shape index (κ1) is 23.7. The lowest BCUT2D eigenvalue weighted by Crippen LogP contribution is -2.38. The molecule has 0 saturated carbocycles. The van der Waals surface area contributed by atoms with Crippen LogP contribution >= 0.6 is 11.6 Å². The number of hydrogen-bond acceptors (Lipinski definition) is 3. The van der Waals surface area contributed by atoms with Gasteiger partial charge >= 0.3 is 0 Å². The molecule has 2 aromatic carbocycles. The Kier molecular flexibility index (Phi) is 8.30. The third kappa shape index (κ3) is 5.76. The number of carbonyl (C=O) groups is 2. The molecule has 0 spiro atoms. The Morgan fingerprint density at radius 3 is 2.30 bits per heavy atom. The van der Waals surface area contributed by atoms with Gasteiger partial charge in [-0.15, -0.1) is 0 Å². The minimum absolute atomic E-state index is 0.0256. The molecule has 0 heterocycles. The number of anilines is 2. The monoisotopic (exact) mass is 429 g/mol. The summed E-state index contributed by atoms with van der Waals surface area (Å²) in [7, 11) is 3.93. The number of rotatable bonds is 8. The lowest BCUT2D eigenvalue weighted by atomic mass is 10.1. The molecule has 0 bridgehead atoms. The second-order valence-electron chi connectivity index (χ2n) is 8.05. The van der Waals surface area contributed by atoms with Gasteiger partial charge in [-0.1, -0.05) is 44.5 Å². The largest absolute Gasteiger partial charge is 0.377 e. The zero-order valence-electron chi connectivity index (χ0n) is 18.7. The average Bonchev–Trinajstić information content (AvgIpc) is 2.71. The maximum absolute atomic E-state index is 13.4. The zero-order chi connectivity index (χ0) is 22.4. The standard InChI is InChI=1S/C24H32ClN3O2/c1-7-17(4)28(24(30)20-10-8-9-11-21(20)25)15-18-14-19(26-23(29)16(2)3)12-13-22(18)27(5)6/h8-14,16-17H,7,15H2,1-6H3,(H,26,29)/t17-/m0/s1. The van der Waals surface area contributed by atoms with Crippen LogP contribution in [-0.4, -0.2) is 36.9 Å². The van der Waals surface area contributed by atoms with Crippen molar-refractivity contribution in [3.8, 4) is 0 Å². The fourth-order valence-electron chi connectivity index (χ4n) is 3.13. The molecule has 1 N–H and O–H groups in total. The van der Waals surface area contributed by atoms with Crippen molar-refractivity contribution < 1.29 is 9.59 Å². The number of nitrogens with one attached hydrogen (secondary N) is 1. The number of halogens is 1. The summed E-state index contributed by atoms with van der Waals surface area (Å²) in [4.78, 5) is 29.4. The fraction of sp³-hybridized carbons (Fsp3) is 0.417. The Labute approximate surface area is 185 Å². The minimum atomic E-state index is -0.111. The van der Waals surface area contributed by atoms with Crippen molar-refractivity contribution in [2.75, 3.05) is 24.3 Å². The molecule has 1 atom stereocenters. The predicted octanol–water partition coefficient (Wildman–Crippen LogP) is 5.44. The van der Waals surface area contributed by atoms with E-state index in [-0.39, 0.29) is 23.8 Å². The summed E-state index contributed by atoms with van der Waals surface area (Å²) >= 11 is 6.30. The minimum Gasteiger partial charge on any atom is -0.377 e. The van der Waals surface area contributed by atoms with Gasteiger partial charge in [0.25, 0.3) is 5.91 Å². The van der Waals surface area contributed by atoms with Gasteiger partial charge in [-0.25, -0.2) is 0 Å². The highest BCUT2D eigenvalue weighted by Gasteiger charge is 2.24. The summed E-state index contributed by atoms with van der Waals surface area (Å²) in [6.45, 7) is 8.23. The number of benzene rings is 2. The van der Waals surface area contributed by atoms with Gasteiger partial charge in [0.15, 0.2) is 0 Å². The van der Waals surface area contributed by atoms with Crippen LogP contribution in [0.1, 0.15) is 50.0 Å². The van der Waals surface area contributed by atoms with Crippen LogP contribution in [0.2, 0.25) is 5.02 Å². The lowest BCUT2D eigenvalue weighted by Gasteiger charge is -2.31. The fourth-order valence-corrected chi connectivity index (χ4v) is 3.35. The highest BCUT2D eigenvalue weighted by molar-refractivity contribution is 6.33. The van der Waals surface area contributed by atoms with E-state index in [1.165, 1.54) is 0 Å². The highest BCUT2D eigenvalue weighted by Crippen LogP contribution is 2.27. The van der Waals surface area contributed by atoms with E-state index in [0.29, 0.717) is 17.1 Å². The molecule has 0 radical (unpaired) electrons. The van der Waals surface area contributed by atoms with Crippen molar-refractivity contribution in [2.45, 2.75) is 46.7 Å². The highest BCUT2D eigenvalue weighted by atomic mass is 35.5. The van der Waals surface area contributed by atoms with Gasteiger partial charge in [0, 0.05) is 44.0 Å². The predicted molar refractivity (Wildman–Crippen MR) is 125 cm³/mol. The second-order valence-corrected chi connectivity index (χ2v) is 8.46. The summed E-state index contributed by atoms with van der Waals surface area (Å²) in [6, 6.07) is 13.0. The lowest BCUT2D eigenvalue weighted by molar-refractivity contribution is -0.118. The first-order valence-electron chi connectivity index (χ1n) is 10.3. The van der Waals surface area contributed by atoms with E-state index in [0.717, 1.165) is 23.4 Å². The maximum Gasteiger partial charge on any atom is 0.255 e. The molecule has 0 aliphatic carbocycles. The van der Waals surface area contributed by atoms with E-state index in [1.807, 2.05) is 75.0 Å². The molecule has 0 aliphatic rings. The maximum atomic E-state index is 13.4. The van der Waals surface area contributed by atoms with Gasteiger partial charge in [-0.3, -0.25) is 9.59 Å². The van der Waals surface area contributed by atoms with Crippen LogP contribution < -0.4 is 10.2 Å². The van der Waals surface area contributed by atoms with Gasteiger partial charge in [0.2, 0.25) is 5.91 Å². The smallest absolute Gasteiger partial charge is 0.255 e. The summed E-state index contributed by atoms with van der Waals surface area (Å²) in [5.41, 5.74) is 3.18. The van der Waals surface area contributed by atoms with Crippen LogP contribution in [0.5, 0.6) is 0 Å². The second kappa shape index (κ2) is 10.5. The molecule has 162 valence electrons. The molecule has 5 nitrogen and oxygen atoms in total. The van der Waals surface area contributed by atoms with Crippen molar-refractivity contribution in [3.05, 3.63) is 58.6 Å². The first-order chi connectivity index (χ1) is 14.1. The summed E-state index contributed by atoms with van der Waals surface area (Å²) in [6.07, 6.45) is 0.817. The van der Waals surface area contributed by atoms with E-state index in [4.69, 9.17) is 11.6 Å². The van der Waals surface area contributed by atoms with E-state index in [2.05, 4.69) is 12.2 Å². The number of carbonyl (C=O) groups excluding carboxylic acids is 2. The zero-order valence-corrected chi connectivity index (χ0v) is 19.5. The van der Waals surface area contributed by atoms with Crippen LogP contribution in [0.15, 0.2) is 42.5 Å². The van der Waals surface area contributed by atoms with Crippen molar-refractivity contribution in [3.63, 3.8) is 0 Å². The Morgan fingerprint density at radius 2 is 1.73 bits per heavy atom. The van der Waals surface area contributed by atoms with Crippen LogP contribution in [0.4, 0.5) is 11.4 Å². The number of amides is 2. The molecule has 30 heavy (non-hydrogen) atoms. The first-order valence-corrected chi connectivity index (χ1v) is 10.7. The van der Waals surface area contributed by atoms with E-state index < -0.39 is 0 Å². The quantitative estimate of drug-likeness (QED) is 0.607. The van der Waals surface area contributed by atoms with Crippen molar-refractivity contribution >= 4 is 34.8 Å². The van der Waals surface area contributed by atoms with Crippen LogP contribution in [0, 0.1) is 5.92 Å². The molecular formula is C24H32ClN3O2. The molecule has 0 aliphatic heterocycles. The van der Waals surface area contributed by atoms with Crippen LogP contribution in [0.3, 0.4) is 0 Å². The van der Waals surface area contributed by atoms with E-state index >= 15 is 0 Å². The van der Waals surface area contributed by atoms with Gasteiger partial charge < -0.3 is 15.1 Å². The number of nitrogens with zero attached hydrogens (tertiary/aromatic N) is 2. The SMILES string of the molecule is CC[C@H](C)N(Cc1cc(NC(=O)C(C)C)ccc1N(C)C)C(=O)c1ccccc1Cl. The Hall–Kier alpha value is -2.53. The molecule has 2 amide bonds. The van der Waals surface area contributed by atoms with Gasteiger partial charge in [0.05, 0.1) is 10.6 Å². The van der Waals surface area contributed by atoms with Crippen LogP contribution in [-0.2, 0) is 11.3 Å². The van der Waals surface area contributed by atoms with Crippen LogP contribution in [0.25, 0.3) is 0 Å². The molecule has 0 unspecified atom stereocenters. The molecule has 0 fully saturated rings. The topological polar surface area (TPSA) is 52.7 Å². The van der Waals surface area contributed by atoms with Gasteiger partial charge in [0.1, 0.15) is 0 Å². The van der Waals surface area contributed by atoms with E-state index in [1.54, 1.807) is 12.1 Å². The van der Waals surface area contributed by atoms with Crippen molar-refractivity contribution in [1.29, 1.82) is 0 Å². The third-order valence-corrected chi connectivity index (χ3v) is 5.51. The van der Waals surface area contributed by atoms with Crippen molar-refractivity contribution in [1.82, 2.24) is 4.90 Å². The van der Waals surface area contributed by atoms with Gasteiger partial charge in [-0.05, 0) is 49.2 Å². The summed E-state index contributed by atoms with van der Waals surface area (Å²) < 4.78 is 0. The van der Waals surface area contributed by atoms with Crippen molar-refractivity contribution in [2.24, 2.45) is 5.92 Å². The molecular weight excluding hydrogens is 398 g/mol.